The van der Waals surface area contributed by atoms with Gasteiger partial charge in [0.15, 0.2) is 11.5 Å². The molecule has 1 heterocycles. The Morgan fingerprint density at radius 1 is 1.27 bits per heavy atom. The molecule has 0 spiro atoms. The normalized spacial score (nSPS) is 11.5. The molecule has 8 heteroatoms. The number of rotatable bonds is 6. The van der Waals surface area contributed by atoms with Gasteiger partial charge in [-0.3, -0.25) is 10.0 Å². The number of carbonyl (C=O) groups excluding carboxylic acids is 1. The van der Waals surface area contributed by atoms with Crippen molar-refractivity contribution in [3.8, 4) is 11.5 Å². The van der Waals surface area contributed by atoms with E-state index in [1.54, 1.807) is 12.1 Å². The van der Waals surface area contributed by atoms with Crippen LogP contribution in [0.3, 0.4) is 0 Å². The lowest BCUT2D eigenvalue weighted by Crippen LogP contribution is -2.22. The molecule has 0 aliphatic carbocycles. The van der Waals surface area contributed by atoms with Gasteiger partial charge in [0.05, 0.1) is 19.1 Å². The van der Waals surface area contributed by atoms with E-state index in [1.165, 1.54) is 25.8 Å². The number of nitrogens with one attached hydrogen (secondary N) is 1. The third-order valence-corrected chi connectivity index (χ3v) is 4.38. The Balaban J connectivity index is 2.33. The number of alkyl halides is 2. The zero-order chi connectivity index (χ0) is 16.3. The Hall–Kier alpha value is -1.93. The maximum Gasteiger partial charge on any atom is 0.282 e. The van der Waals surface area contributed by atoms with Crippen LogP contribution in [-0.4, -0.2) is 25.3 Å². The van der Waals surface area contributed by atoms with Crippen molar-refractivity contribution in [3.05, 3.63) is 23.1 Å². The van der Waals surface area contributed by atoms with Gasteiger partial charge in [0.1, 0.15) is 0 Å². The number of hydrogen-bond acceptors (Lipinski definition) is 5. The number of ether oxygens (including phenoxy) is 2. The lowest BCUT2D eigenvalue weighted by atomic mass is 10.1. The first kappa shape index (κ1) is 16.4. The summed E-state index contributed by atoms with van der Waals surface area (Å²) in [6.07, 6.45) is -1.15. The topological polar surface area (TPSA) is 67.8 Å². The van der Waals surface area contributed by atoms with Crippen LogP contribution in [0.15, 0.2) is 18.2 Å². The molecule has 0 unspecified atom stereocenters. The molecule has 2 N–H and O–H groups in total. The number of amides is 1. The molecular formula is C14H15F2NO4S. The maximum absolute atomic E-state index is 14.1. The number of hydroxylamine groups is 1. The Bertz CT molecular complexity index is 646. The molecule has 1 amide bonds. The highest BCUT2D eigenvalue weighted by molar-refractivity contribution is 7.19. The molecule has 0 atom stereocenters. The Labute approximate surface area is 129 Å². The summed E-state index contributed by atoms with van der Waals surface area (Å²) in [5.41, 5.74) is 1.34. The van der Waals surface area contributed by atoms with Gasteiger partial charge in [-0.1, -0.05) is 0 Å². The molecular weight excluding hydrogens is 316 g/mol. The van der Waals surface area contributed by atoms with E-state index in [1.807, 2.05) is 0 Å². The Morgan fingerprint density at radius 3 is 2.50 bits per heavy atom. The highest BCUT2D eigenvalue weighted by Gasteiger charge is 2.34. The van der Waals surface area contributed by atoms with E-state index in [9.17, 15) is 13.6 Å². The highest BCUT2D eigenvalue weighted by Crippen LogP contribution is 2.43. The molecule has 120 valence electrons. The maximum atomic E-state index is 14.1. The molecule has 1 aromatic heterocycles. The van der Waals surface area contributed by atoms with Crippen LogP contribution >= 0.6 is 11.3 Å². The van der Waals surface area contributed by atoms with E-state index < -0.39 is 24.7 Å². The third kappa shape index (κ3) is 3.28. The zero-order valence-electron chi connectivity index (χ0n) is 12.0. The van der Waals surface area contributed by atoms with Crippen molar-refractivity contribution in [2.75, 3.05) is 14.2 Å². The number of carbonyl (C=O) groups is 1. The van der Waals surface area contributed by atoms with Gasteiger partial charge in [0.25, 0.3) is 5.92 Å². The number of halogens is 2. The van der Waals surface area contributed by atoms with Gasteiger partial charge in [0.2, 0.25) is 5.91 Å². The average Bonchev–Trinajstić information content (AvgIpc) is 2.94. The Morgan fingerprint density at radius 2 is 1.91 bits per heavy atom. The molecule has 1 aromatic carbocycles. The van der Waals surface area contributed by atoms with Crippen LogP contribution in [0.1, 0.15) is 17.7 Å². The summed E-state index contributed by atoms with van der Waals surface area (Å²) < 4.78 is 39.2. The first-order valence-electron chi connectivity index (χ1n) is 6.38. The molecule has 0 fully saturated rings. The van der Waals surface area contributed by atoms with E-state index in [-0.39, 0.29) is 4.88 Å². The van der Waals surface area contributed by atoms with E-state index in [2.05, 4.69) is 0 Å². The number of methoxy groups -OCH3 is 2. The minimum absolute atomic E-state index is 0.149. The molecule has 2 aromatic rings. The van der Waals surface area contributed by atoms with Crippen LogP contribution in [0.5, 0.6) is 11.5 Å². The number of benzene rings is 1. The minimum atomic E-state index is -3.16. The van der Waals surface area contributed by atoms with Gasteiger partial charge in [-0.15, -0.1) is 11.3 Å². The summed E-state index contributed by atoms with van der Waals surface area (Å²) in [6.45, 7) is 0. The second-order valence-electron chi connectivity index (χ2n) is 4.60. The summed E-state index contributed by atoms with van der Waals surface area (Å²) in [6, 6.07) is 4.64. The first-order chi connectivity index (χ1) is 10.4. The first-order valence-corrected chi connectivity index (χ1v) is 7.19. The predicted octanol–water partition coefficient (Wildman–Crippen LogP) is 3.30. The molecule has 0 aliphatic heterocycles. The lowest BCUT2D eigenvalue weighted by molar-refractivity contribution is -0.131. The molecule has 2 rings (SSSR count). The smallest absolute Gasteiger partial charge is 0.282 e. The molecule has 0 saturated carbocycles. The third-order valence-electron chi connectivity index (χ3n) is 3.17. The summed E-state index contributed by atoms with van der Waals surface area (Å²) in [4.78, 5) is 10.8. The quantitative estimate of drug-likeness (QED) is 0.629. The molecule has 0 aliphatic rings. The van der Waals surface area contributed by atoms with Crippen molar-refractivity contribution in [2.24, 2.45) is 0 Å². The van der Waals surface area contributed by atoms with E-state index in [4.69, 9.17) is 14.7 Å². The molecule has 5 nitrogen and oxygen atoms in total. The summed E-state index contributed by atoms with van der Waals surface area (Å²) in [5, 5.41) is 8.98. The van der Waals surface area contributed by atoms with Crippen LogP contribution in [0, 0.1) is 0 Å². The molecule has 22 heavy (non-hydrogen) atoms. The highest BCUT2D eigenvalue weighted by atomic mass is 32.1. The van der Waals surface area contributed by atoms with Crippen LogP contribution < -0.4 is 15.0 Å². The average molecular weight is 331 g/mol. The van der Waals surface area contributed by atoms with Crippen LogP contribution in [0.4, 0.5) is 8.78 Å². The van der Waals surface area contributed by atoms with Crippen LogP contribution in [0.25, 0.3) is 10.1 Å². The van der Waals surface area contributed by atoms with Gasteiger partial charge < -0.3 is 9.47 Å². The standard InChI is InChI=1S/C14H15F2NO4S/c1-20-9-5-8-6-12(22-11(8)7-10(9)21-2)14(15,16)4-3-13(18)17-19/h5-7,19H,3-4H2,1-2H3,(H,17,18). The van der Waals surface area contributed by atoms with Crippen molar-refractivity contribution in [3.63, 3.8) is 0 Å². The SMILES string of the molecule is COc1cc2cc(C(F)(F)CCC(=O)NO)sc2cc1OC. The molecule has 0 bridgehead atoms. The summed E-state index contributed by atoms with van der Waals surface area (Å²) in [5.74, 6) is -3.07. The number of fused-ring (bicyclic) bond motifs is 1. The molecule has 0 saturated heterocycles. The van der Waals surface area contributed by atoms with Crippen molar-refractivity contribution in [1.82, 2.24) is 5.48 Å². The van der Waals surface area contributed by atoms with Gasteiger partial charge >= 0.3 is 0 Å². The van der Waals surface area contributed by atoms with Crippen molar-refractivity contribution in [1.29, 1.82) is 0 Å². The van der Waals surface area contributed by atoms with Gasteiger partial charge in [-0.2, -0.15) is 0 Å². The van der Waals surface area contributed by atoms with Gasteiger partial charge in [-0.05, 0) is 17.5 Å². The van der Waals surface area contributed by atoms with Crippen LogP contribution in [0.2, 0.25) is 0 Å². The Kier molecular flexibility index (Phi) is 4.82. The zero-order valence-corrected chi connectivity index (χ0v) is 12.8. The largest absolute Gasteiger partial charge is 0.493 e. The number of thiophene rings is 1. The summed E-state index contributed by atoms with van der Waals surface area (Å²) in [7, 11) is 2.94. The fourth-order valence-corrected chi connectivity index (χ4v) is 3.07. The van der Waals surface area contributed by atoms with Gasteiger partial charge in [0, 0.05) is 23.6 Å². The predicted molar refractivity (Wildman–Crippen MR) is 78.0 cm³/mol. The second-order valence-corrected chi connectivity index (χ2v) is 5.68. The monoisotopic (exact) mass is 331 g/mol. The van der Waals surface area contributed by atoms with Gasteiger partial charge in [-0.25, -0.2) is 14.3 Å². The van der Waals surface area contributed by atoms with E-state index >= 15 is 0 Å². The minimum Gasteiger partial charge on any atom is -0.493 e. The van der Waals surface area contributed by atoms with Crippen molar-refractivity contribution in [2.45, 2.75) is 18.8 Å². The molecule has 0 radical (unpaired) electrons. The number of hydrogen-bond donors (Lipinski definition) is 2. The lowest BCUT2D eigenvalue weighted by Gasteiger charge is -2.13. The fraction of sp³-hybridized carbons (Fsp3) is 0.357. The van der Waals surface area contributed by atoms with E-state index in [0.717, 1.165) is 11.3 Å². The summed E-state index contributed by atoms with van der Waals surface area (Å²) >= 11 is 0.932. The van der Waals surface area contributed by atoms with Crippen LogP contribution in [-0.2, 0) is 10.7 Å². The van der Waals surface area contributed by atoms with E-state index in [0.29, 0.717) is 21.6 Å². The van der Waals surface area contributed by atoms with Crippen molar-refractivity contribution < 1.29 is 28.3 Å². The van der Waals surface area contributed by atoms with Crippen molar-refractivity contribution >= 4 is 27.3 Å². The second kappa shape index (κ2) is 6.45. The fourth-order valence-electron chi connectivity index (χ4n) is 2.00.